The number of nitrogens with two attached hydrogens (primary N) is 1. The average Bonchev–Trinajstić information content (AvgIpc) is 2.22. The maximum absolute atomic E-state index is 5.77. The van der Waals surface area contributed by atoms with Gasteiger partial charge in [0.1, 0.15) is 4.99 Å². The Hall–Kier alpha value is -1.48. The van der Waals surface area contributed by atoms with E-state index in [-0.39, 0.29) is 0 Å². The molecule has 0 bridgehead atoms. The van der Waals surface area contributed by atoms with Crippen LogP contribution in [0.15, 0.2) is 18.2 Å². The van der Waals surface area contributed by atoms with E-state index >= 15 is 0 Å². The molecule has 0 aliphatic heterocycles. The molecule has 16 heavy (non-hydrogen) atoms. The molecule has 82 valence electrons. The molecule has 2 nitrogen and oxygen atoms in total. The summed E-state index contributed by atoms with van der Waals surface area (Å²) in [6.45, 7) is 6.07. The lowest BCUT2D eigenvalue weighted by atomic mass is 10.00. The minimum absolute atomic E-state index is 0.434. The standard InChI is InChI=1S/C13H14N2S/c1-7-4-5-8(2)12-11(7)10(13(14)16)6-9(3)15-12/h4-6H,1-3H3,(H2,14,16). The lowest BCUT2D eigenvalue weighted by molar-refractivity contribution is 1.23. The summed E-state index contributed by atoms with van der Waals surface area (Å²) in [7, 11) is 0. The second-order valence-corrected chi connectivity index (χ2v) is 4.54. The normalized spacial score (nSPS) is 10.7. The van der Waals surface area contributed by atoms with Crippen molar-refractivity contribution in [3.63, 3.8) is 0 Å². The Labute approximate surface area is 100 Å². The van der Waals surface area contributed by atoms with E-state index in [2.05, 4.69) is 31.0 Å². The lowest BCUT2D eigenvalue weighted by Gasteiger charge is -2.11. The minimum Gasteiger partial charge on any atom is -0.389 e. The van der Waals surface area contributed by atoms with Gasteiger partial charge < -0.3 is 5.73 Å². The van der Waals surface area contributed by atoms with Gasteiger partial charge in [-0.15, -0.1) is 0 Å². The number of pyridine rings is 1. The van der Waals surface area contributed by atoms with Crippen molar-refractivity contribution < 1.29 is 0 Å². The molecule has 1 aromatic heterocycles. The van der Waals surface area contributed by atoms with Gasteiger partial charge in [-0.3, -0.25) is 4.98 Å². The van der Waals surface area contributed by atoms with Crippen LogP contribution >= 0.6 is 12.2 Å². The van der Waals surface area contributed by atoms with Crippen LogP contribution in [0.25, 0.3) is 10.9 Å². The molecular formula is C13H14N2S. The van der Waals surface area contributed by atoms with Crippen LogP contribution < -0.4 is 5.73 Å². The summed E-state index contributed by atoms with van der Waals surface area (Å²) in [5, 5.41) is 1.08. The van der Waals surface area contributed by atoms with Crippen molar-refractivity contribution in [1.29, 1.82) is 0 Å². The number of aromatic nitrogens is 1. The molecule has 2 N–H and O–H groups in total. The smallest absolute Gasteiger partial charge is 0.104 e. The summed E-state index contributed by atoms with van der Waals surface area (Å²) in [6.07, 6.45) is 0. The minimum atomic E-state index is 0.434. The van der Waals surface area contributed by atoms with Crippen molar-refractivity contribution in [3.05, 3.63) is 40.6 Å². The van der Waals surface area contributed by atoms with Crippen molar-refractivity contribution in [2.24, 2.45) is 5.73 Å². The van der Waals surface area contributed by atoms with Gasteiger partial charge in [-0.1, -0.05) is 24.4 Å². The van der Waals surface area contributed by atoms with Gasteiger partial charge >= 0.3 is 0 Å². The number of benzene rings is 1. The second kappa shape index (κ2) is 3.83. The molecule has 0 amide bonds. The molecule has 0 atom stereocenters. The first-order valence-electron chi connectivity index (χ1n) is 5.18. The molecule has 0 saturated carbocycles. The Morgan fingerprint density at radius 2 is 1.81 bits per heavy atom. The predicted octanol–water partition coefficient (Wildman–Crippen LogP) is 2.79. The fraction of sp³-hybridized carbons (Fsp3) is 0.231. The molecule has 3 heteroatoms. The zero-order valence-corrected chi connectivity index (χ0v) is 10.5. The average molecular weight is 230 g/mol. The van der Waals surface area contributed by atoms with Crippen LogP contribution in [0.3, 0.4) is 0 Å². The molecule has 1 heterocycles. The highest BCUT2D eigenvalue weighted by Crippen LogP contribution is 2.24. The van der Waals surface area contributed by atoms with Gasteiger partial charge in [0.2, 0.25) is 0 Å². The van der Waals surface area contributed by atoms with Gasteiger partial charge in [0, 0.05) is 16.6 Å². The van der Waals surface area contributed by atoms with E-state index in [9.17, 15) is 0 Å². The van der Waals surface area contributed by atoms with E-state index in [1.54, 1.807) is 0 Å². The Morgan fingerprint density at radius 1 is 1.19 bits per heavy atom. The third kappa shape index (κ3) is 1.67. The topological polar surface area (TPSA) is 38.9 Å². The fourth-order valence-electron chi connectivity index (χ4n) is 1.96. The quantitative estimate of drug-likeness (QED) is 0.766. The van der Waals surface area contributed by atoms with E-state index < -0.39 is 0 Å². The maximum atomic E-state index is 5.77. The lowest BCUT2D eigenvalue weighted by Crippen LogP contribution is -2.11. The number of thiocarbonyl (C=S) groups is 1. The highest BCUT2D eigenvalue weighted by molar-refractivity contribution is 7.80. The SMILES string of the molecule is Cc1cc(C(N)=S)c2c(C)ccc(C)c2n1. The van der Waals surface area contributed by atoms with Crippen LogP contribution in [0.2, 0.25) is 0 Å². The molecule has 0 saturated heterocycles. The van der Waals surface area contributed by atoms with Gasteiger partial charge in [0.25, 0.3) is 0 Å². The first kappa shape index (κ1) is 11.0. The fourth-order valence-corrected chi connectivity index (χ4v) is 2.13. The van der Waals surface area contributed by atoms with Crippen LogP contribution in [0.1, 0.15) is 22.4 Å². The maximum Gasteiger partial charge on any atom is 0.104 e. The van der Waals surface area contributed by atoms with Crippen molar-refractivity contribution in [1.82, 2.24) is 4.98 Å². The summed E-state index contributed by atoms with van der Waals surface area (Å²) in [5.41, 5.74) is 11.0. The van der Waals surface area contributed by atoms with E-state index in [0.717, 1.165) is 33.3 Å². The Morgan fingerprint density at radius 3 is 2.44 bits per heavy atom. The molecule has 2 rings (SSSR count). The first-order valence-corrected chi connectivity index (χ1v) is 5.59. The summed E-state index contributed by atoms with van der Waals surface area (Å²) < 4.78 is 0. The van der Waals surface area contributed by atoms with Crippen LogP contribution in [0.4, 0.5) is 0 Å². The Balaban J connectivity index is 3.00. The first-order chi connectivity index (χ1) is 7.50. The molecule has 0 unspecified atom stereocenters. The Bertz CT molecular complexity index is 588. The van der Waals surface area contributed by atoms with E-state index in [1.807, 2.05) is 13.0 Å². The molecule has 0 radical (unpaired) electrons. The third-order valence-corrected chi connectivity index (χ3v) is 2.98. The molecule has 0 aliphatic rings. The number of hydrogen-bond donors (Lipinski definition) is 1. The summed E-state index contributed by atoms with van der Waals surface area (Å²) in [5.74, 6) is 0. The third-order valence-electron chi connectivity index (χ3n) is 2.76. The molecule has 0 aliphatic carbocycles. The van der Waals surface area contributed by atoms with E-state index in [4.69, 9.17) is 18.0 Å². The van der Waals surface area contributed by atoms with Gasteiger partial charge in [-0.2, -0.15) is 0 Å². The van der Waals surface area contributed by atoms with Gasteiger partial charge in [0.05, 0.1) is 5.52 Å². The molecule has 1 aromatic carbocycles. The molecule has 0 fully saturated rings. The largest absolute Gasteiger partial charge is 0.389 e. The highest BCUT2D eigenvalue weighted by atomic mass is 32.1. The summed E-state index contributed by atoms with van der Waals surface area (Å²) >= 11 is 5.10. The number of aryl methyl sites for hydroxylation is 3. The van der Waals surface area contributed by atoms with Crippen LogP contribution in [-0.2, 0) is 0 Å². The van der Waals surface area contributed by atoms with Crippen LogP contribution in [-0.4, -0.2) is 9.97 Å². The summed E-state index contributed by atoms with van der Waals surface area (Å²) in [4.78, 5) is 5.00. The zero-order chi connectivity index (χ0) is 11.9. The number of hydrogen-bond acceptors (Lipinski definition) is 2. The number of fused-ring (bicyclic) bond motifs is 1. The predicted molar refractivity (Wildman–Crippen MR) is 71.8 cm³/mol. The molecular weight excluding hydrogens is 216 g/mol. The van der Waals surface area contributed by atoms with Crippen LogP contribution in [0.5, 0.6) is 0 Å². The zero-order valence-electron chi connectivity index (χ0n) is 9.66. The van der Waals surface area contributed by atoms with Crippen molar-refractivity contribution >= 4 is 28.1 Å². The molecule has 2 aromatic rings. The van der Waals surface area contributed by atoms with Crippen molar-refractivity contribution in [3.8, 4) is 0 Å². The number of nitrogens with zero attached hydrogens (tertiary/aromatic N) is 1. The number of rotatable bonds is 1. The van der Waals surface area contributed by atoms with Gasteiger partial charge in [0.15, 0.2) is 0 Å². The highest BCUT2D eigenvalue weighted by Gasteiger charge is 2.10. The van der Waals surface area contributed by atoms with E-state index in [0.29, 0.717) is 4.99 Å². The van der Waals surface area contributed by atoms with Crippen molar-refractivity contribution in [2.45, 2.75) is 20.8 Å². The van der Waals surface area contributed by atoms with Crippen LogP contribution in [0, 0.1) is 20.8 Å². The summed E-state index contributed by atoms with van der Waals surface area (Å²) in [6, 6.07) is 6.11. The van der Waals surface area contributed by atoms with E-state index in [1.165, 1.54) is 0 Å². The molecule has 0 spiro atoms. The van der Waals surface area contributed by atoms with Gasteiger partial charge in [-0.05, 0) is 38.0 Å². The monoisotopic (exact) mass is 230 g/mol. The van der Waals surface area contributed by atoms with Crippen molar-refractivity contribution in [2.75, 3.05) is 0 Å². The van der Waals surface area contributed by atoms with Gasteiger partial charge in [-0.25, -0.2) is 0 Å². The Kier molecular flexibility index (Phi) is 2.64. The second-order valence-electron chi connectivity index (χ2n) is 4.10.